The van der Waals surface area contributed by atoms with Crippen molar-refractivity contribution in [2.24, 2.45) is 5.73 Å². The van der Waals surface area contributed by atoms with Gasteiger partial charge < -0.3 is 5.73 Å². The molecule has 0 aromatic heterocycles. The van der Waals surface area contributed by atoms with E-state index in [2.05, 4.69) is 0 Å². The van der Waals surface area contributed by atoms with Crippen LogP contribution in [-0.2, 0) is 11.2 Å². The normalized spacial score (nSPS) is 12.5. The van der Waals surface area contributed by atoms with E-state index in [9.17, 15) is 9.18 Å². The SMILES string of the molecule is CCC(N)CC(=O)Cc1cccc(Cl)c1F. The maximum absolute atomic E-state index is 13.5. The third kappa shape index (κ3) is 3.58. The Hall–Kier alpha value is -0.930. The monoisotopic (exact) mass is 243 g/mol. The van der Waals surface area contributed by atoms with Gasteiger partial charge in [-0.2, -0.15) is 0 Å². The fourth-order valence-corrected chi connectivity index (χ4v) is 1.60. The molecule has 0 spiro atoms. The van der Waals surface area contributed by atoms with Crippen molar-refractivity contribution in [3.8, 4) is 0 Å². The third-order valence-corrected chi connectivity index (χ3v) is 2.73. The summed E-state index contributed by atoms with van der Waals surface area (Å²) in [6.45, 7) is 1.91. The molecule has 0 aliphatic rings. The fraction of sp³-hybridized carbons (Fsp3) is 0.417. The van der Waals surface area contributed by atoms with Gasteiger partial charge in [0.1, 0.15) is 11.6 Å². The summed E-state index contributed by atoms with van der Waals surface area (Å²) >= 11 is 5.62. The van der Waals surface area contributed by atoms with Gasteiger partial charge in [0, 0.05) is 18.9 Å². The summed E-state index contributed by atoms with van der Waals surface area (Å²) < 4.78 is 13.5. The van der Waals surface area contributed by atoms with Crippen LogP contribution in [-0.4, -0.2) is 11.8 Å². The van der Waals surface area contributed by atoms with Crippen LogP contribution >= 0.6 is 11.6 Å². The van der Waals surface area contributed by atoms with E-state index in [0.717, 1.165) is 6.42 Å². The summed E-state index contributed by atoms with van der Waals surface area (Å²) in [5.41, 5.74) is 5.99. The highest BCUT2D eigenvalue weighted by Gasteiger charge is 2.12. The lowest BCUT2D eigenvalue weighted by atomic mass is 10.0. The first-order valence-corrected chi connectivity index (χ1v) is 5.62. The molecule has 16 heavy (non-hydrogen) atoms. The van der Waals surface area contributed by atoms with Crippen LogP contribution in [0.25, 0.3) is 0 Å². The Morgan fingerprint density at radius 1 is 1.56 bits per heavy atom. The molecule has 0 amide bonds. The van der Waals surface area contributed by atoms with Crippen LogP contribution in [0, 0.1) is 5.82 Å². The van der Waals surface area contributed by atoms with Crippen molar-refractivity contribution in [2.75, 3.05) is 0 Å². The van der Waals surface area contributed by atoms with E-state index in [1.54, 1.807) is 12.1 Å². The Balaban J connectivity index is 2.66. The molecule has 0 aliphatic heterocycles. The maximum atomic E-state index is 13.5. The van der Waals surface area contributed by atoms with Crippen molar-refractivity contribution in [1.29, 1.82) is 0 Å². The molecule has 0 aliphatic carbocycles. The molecule has 4 heteroatoms. The van der Waals surface area contributed by atoms with Gasteiger partial charge in [0.15, 0.2) is 0 Å². The van der Waals surface area contributed by atoms with Crippen molar-refractivity contribution >= 4 is 17.4 Å². The van der Waals surface area contributed by atoms with Gasteiger partial charge >= 0.3 is 0 Å². The molecule has 0 radical (unpaired) electrons. The number of carbonyl (C=O) groups is 1. The van der Waals surface area contributed by atoms with Gasteiger partial charge in [0.25, 0.3) is 0 Å². The van der Waals surface area contributed by atoms with Crippen molar-refractivity contribution in [3.05, 3.63) is 34.6 Å². The van der Waals surface area contributed by atoms with Crippen LogP contribution in [0.1, 0.15) is 25.3 Å². The summed E-state index contributed by atoms with van der Waals surface area (Å²) in [7, 11) is 0. The number of benzene rings is 1. The Kier molecular flexibility index (Phi) is 4.90. The highest BCUT2D eigenvalue weighted by Crippen LogP contribution is 2.18. The largest absolute Gasteiger partial charge is 0.327 e. The van der Waals surface area contributed by atoms with E-state index in [1.165, 1.54) is 6.07 Å². The Labute approximate surface area is 99.6 Å². The molecule has 1 aromatic carbocycles. The number of halogens is 2. The molecule has 2 nitrogen and oxygen atoms in total. The van der Waals surface area contributed by atoms with Crippen LogP contribution in [0.4, 0.5) is 4.39 Å². The van der Waals surface area contributed by atoms with E-state index in [4.69, 9.17) is 17.3 Å². The number of carbonyl (C=O) groups excluding carboxylic acids is 1. The molecule has 0 fully saturated rings. The lowest BCUT2D eigenvalue weighted by molar-refractivity contribution is -0.118. The van der Waals surface area contributed by atoms with E-state index in [0.29, 0.717) is 5.56 Å². The van der Waals surface area contributed by atoms with Gasteiger partial charge in [-0.3, -0.25) is 4.79 Å². The van der Waals surface area contributed by atoms with E-state index in [1.807, 2.05) is 6.92 Å². The average Bonchev–Trinajstić information content (AvgIpc) is 2.24. The summed E-state index contributed by atoms with van der Waals surface area (Å²) in [6.07, 6.45) is 1.08. The minimum Gasteiger partial charge on any atom is -0.327 e. The highest BCUT2D eigenvalue weighted by atomic mass is 35.5. The lowest BCUT2D eigenvalue weighted by Gasteiger charge is -2.08. The molecule has 2 N–H and O–H groups in total. The van der Waals surface area contributed by atoms with Crippen LogP contribution in [0.5, 0.6) is 0 Å². The molecule has 0 saturated carbocycles. The van der Waals surface area contributed by atoms with Gasteiger partial charge in [-0.25, -0.2) is 4.39 Å². The number of hydrogen-bond acceptors (Lipinski definition) is 2. The van der Waals surface area contributed by atoms with Crippen molar-refractivity contribution in [1.82, 2.24) is 0 Å². The zero-order chi connectivity index (χ0) is 12.1. The second kappa shape index (κ2) is 5.97. The van der Waals surface area contributed by atoms with E-state index >= 15 is 0 Å². The minimum absolute atomic E-state index is 0.0464. The molecule has 1 aromatic rings. The van der Waals surface area contributed by atoms with Crippen molar-refractivity contribution in [3.63, 3.8) is 0 Å². The molecular weight excluding hydrogens is 229 g/mol. The van der Waals surface area contributed by atoms with Crippen LogP contribution in [0.3, 0.4) is 0 Å². The molecule has 0 bridgehead atoms. The Bertz CT molecular complexity index is 381. The van der Waals surface area contributed by atoms with Crippen molar-refractivity contribution < 1.29 is 9.18 Å². The van der Waals surface area contributed by atoms with Crippen molar-refractivity contribution in [2.45, 2.75) is 32.2 Å². The molecule has 0 heterocycles. The number of rotatable bonds is 5. The fourth-order valence-electron chi connectivity index (χ4n) is 1.41. The molecule has 88 valence electrons. The predicted molar refractivity (Wildman–Crippen MR) is 63.0 cm³/mol. The van der Waals surface area contributed by atoms with E-state index < -0.39 is 5.82 Å². The number of Topliss-reactive ketones (excluding diaryl/α,β-unsaturated/α-hetero) is 1. The smallest absolute Gasteiger partial charge is 0.145 e. The van der Waals surface area contributed by atoms with Crippen LogP contribution in [0.2, 0.25) is 5.02 Å². The summed E-state index contributed by atoms with van der Waals surface area (Å²) in [5, 5.41) is 0.0464. The highest BCUT2D eigenvalue weighted by molar-refractivity contribution is 6.30. The Morgan fingerprint density at radius 2 is 2.25 bits per heavy atom. The molecule has 1 atom stereocenters. The minimum atomic E-state index is -0.511. The van der Waals surface area contributed by atoms with Gasteiger partial charge in [0.05, 0.1) is 5.02 Å². The second-order valence-electron chi connectivity index (χ2n) is 3.80. The summed E-state index contributed by atoms with van der Waals surface area (Å²) in [4.78, 5) is 11.6. The van der Waals surface area contributed by atoms with Gasteiger partial charge in [-0.1, -0.05) is 30.7 Å². The predicted octanol–water partition coefficient (Wildman–Crippen LogP) is 2.72. The number of ketones is 1. The molecule has 1 unspecified atom stereocenters. The average molecular weight is 244 g/mol. The standard InChI is InChI=1S/C12H15ClFNO/c1-2-9(15)7-10(16)6-8-4-3-5-11(13)12(8)14/h3-5,9H,2,6-7,15H2,1H3. The summed E-state index contributed by atoms with van der Waals surface area (Å²) in [5.74, 6) is -0.571. The zero-order valence-electron chi connectivity index (χ0n) is 9.17. The first-order chi connectivity index (χ1) is 7.54. The zero-order valence-corrected chi connectivity index (χ0v) is 9.93. The van der Waals surface area contributed by atoms with Gasteiger partial charge in [-0.05, 0) is 18.1 Å². The molecular formula is C12H15ClFNO. The molecule has 1 rings (SSSR count). The maximum Gasteiger partial charge on any atom is 0.145 e. The van der Waals surface area contributed by atoms with Gasteiger partial charge in [-0.15, -0.1) is 0 Å². The molecule has 0 saturated heterocycles. The van der Waals surface area contributed by atoms with E-state index in [-0.39, 0.29) is 29.7 Å². The van der Waals surface area contributed by atoms with Crippen LogP contribution < -0.4 is 5.73 Å². The quantitative estimate of drug-likeness (QED) is 0.864. The lowest BCUT2D eigenvalue weighted by Crippen LogP contribution is -2.23. The number of hydrogen-bond donors (Lipinski definition) is 1. The first-order valence-electron chi connectivity index (χ1n) is 5.24. The second-order valence-corrected chi connectivity index (χ2v) is 4.21. The third-order valence-electron chi connectivity index (χ3n) is 2.43. The Morgan fingerprint density at radius 3 is 2.88 bits per heavy atom. The van der Waals surface area contributed by atoms with Crippen LogP contribution in [0.15, 0.2) is 18.2 Å². The number of nitrogens with two attached hydrogens (primary N) is 1. The first kappa shape index (κ1) is 13.1. The topological polar surface area (TPSA) is 43.1 Å². The van der Waals surface area contributed by atoms with Gasteiger partial charge in [0.2, 0.25) is 0 Å². The summed E-state index contributed by atoms with van der Waals surface area (Å²) in [6, 6.07) is 4.52.